The Morgan fingerprint density at radius 2 is 2.15 bits per heavy atom. The Morgan fingerprint density at radius 3 is 2.70 bits per heavy atom. The Bertz CT molecular complexity index is 517. The SMILES string of the molecule is CC(C)NC(=O)c1cccc(F)c1C1CC(F)(F)CN1. The van der Waals surface area contributed by atoms with Gasteiger partial charge in [-0.2, -0.15) is 0 Å². The number of nitrogens with one attached hydrogen (secondary N) is 2. The summed E-state index contributed by atoms with van der Waals surface area (Å²) >= 11 is 0. The fourth-order valence-corrected chi connectivity index (χ4v) is 2.35. The van der Waals surface area contributed by atoms with E-state index in [2.05, 4.69) is 10.6 Å². The van der Waals surface area contributed by atoms with Crippen molar-refractivity contribution in [2.24, 2.45) is 0 Å². The number of benzene rings is 1. The third-order valence-corrected chi connectivity index (χ3v) is 3.18. The monoisotopic (exact) mass is 286 g/mol. The number of alkyl halides is 2. The highest BCUT2D eigenvalue weighted by atomic mass is 19.3. The Labute approximate surface area is 115 Å². The maximum absolute atomic E-state index is 14.0. The van der Waals surface area contributed by atoms with E-state index in [0.717, 1.165) is 0 Å². The standard InChI is InChI=1S/C14H17F3N2O/c1-8(2)19-13(20)9-4-3-5-10(15)12(9)11-6-14(16,17)7-18-11/h3-5,8,11,18H,6-7H2,1-2H3,(H,19,20). The number of halogens is 3. The number of amides is 1. The van der Waals surface area contributed by atoms with E-state index in [1.807, 2.05) is 0 Å². The van der Waals surface area contributed by atoms with Gasteiger partial charge in [-0.1, -0.05) is 6.07 Å². The first kappa shape index (κ1) is 14.8. The summed E-state index contributed by atoms with van der Waals surface area (Å²) in [6.07, 6.45) is -0.504. The Kier molecular flexibility index (Phi) is 4.04. The lowest BCUT2D eigenvalue weighted by Crippen LogP contribution is -2.32. The molecule has 1 aromatic carbocycles. The van der Waals surface area contributed by atoms with Crippen LogP contribution in [0.5, 0.6) is 0 Å². The lowest BCUT2D eigenvalue weighted by atomic mass is 9.97. The summed E-state index contributed by atoms with van der Waals surface area (Å²) in [5, 5.41) is 5.23. The number of hydrogen-bond acceptors (Lipinski definition) is 2. The molecule has 0 saturated carbocycles. The largest absolute Gasteiger partial charge is 0.350 e. The highest BCUT2D eigenvalue weighted by Gasteiger charge is 2.41. The van der Waals surface area contributed by atoms with Gasteiger partial charge >= 0.3 is 0 Å². The van der Waals surface area contributed by atoms with Gasteiger partial charge in [0.25, 0.3) is 11.8 Å². The molecule has 1 aliphatic rings. The highest BCUT2D eigenvalue weighted by Crippen LogP contribution is 2.36. The van der Waals surface area contributed by atoms with Crippen molar-refractivity contribution in [3.05, 3.63) is 35.1 Å². The fraction of sp³-hybridized carbons (Fsp3) is 0.500. The van der Waals surface area contributed by atoms with Gasteiger partial charge in [-0.3, -0.25) is 4.79 Å². The van der Waals surface area contributed by atoms with Gasteiger partial charge < -0.3 is 10.6 Å². The molecule has 1 fully saturated rings. The van der Waals surface area contributed by atoms with Crippen molar-refractivity contribution in [1.82, 2.24) is 10.6 Å². The summed E-state index contributed by atoms with van der Waals surface area (Å²) in [5.41, 5.74) is 0.122. The molecule has 1 aliphatic heterocycles. The van der Waals surface area contributed by atoms with Gasteiger partial charge in [0.15, 0.2) is 0 Å². The molecule has 1 atom stereocenters. The molecule has 0 aromatic heterocycles. The van der Waals surface area contributed by atoms with Crippen LogP contribution in [-0.4, -0.2) is 24.4 Å². The molecule has 1 heterocycles. The van der Waals surface area contributed by atoms with Crippen LogP contribution in [-0.2, 0) is 0 Å². The van der Waals surface area contributed by atoms with E-state index in [1.54, 1.807) is 13.8 Å². The van der Waals surface area contributed by atoms with Crippen LogP contribution in [0.2, 0.25) is 0 Å². The fourth-order valence-electron chi connectivity index (χ4n) is 2.35. The molecule has 0 radical (unpaired) electrons. The molecule has 0 bridgehead atoms. The van der Waals surface area contributed by atoms with Gasteiger partial charge in [-0.25, -0.2) is 13.2 Å². The van der Waals surface area contributed by atoms with Crippen LogP contribution in [0.4, 0.5) is 13.2 Å². The van der Waals surface area contributed by atoms with Crippen molar-refractivity contribution in [3.8, 4) is 0 Å². The van der Waals surface area contributed by atoms with Crippen LogP contribution >= 0.6 is 0 Å². The predicted octanol–water partition coefficient (Wildman–Crippen LogP) is 2.63. The average molecular weight is 286 g/mol. The normalized spacial score (nSPS) is 21.2. The van der Waals surface area contributed by atoms with E-state index in [4.69, 9.17) is 0 Å². The smallest absolute Gasteiger partial charge is 0.262 e. The van der Waals surface area contributed by atoms with E-state index in [9.17, 15) is 18.0 Å². The van der Waals surface area contributed by atoms with Crippen molar-refractivity contribution in [2.45, 2.75) is 38.3 Å². The van der Waals surface area contributed by atoms with E-state index in [0.29, 0.717) is 0 Å². The zero-order chi connectivity index (χ0) is 14.9. The molecular formula is C14H17F3N2O. The Hall–Kier alpha value is -1.56. The summed E-state index contributed by atoms with van der Waals surface area (Å²) in [7, 11) is 0. The van der Waals surface area contributed by atoms with E-state index in [-0.39, 0.29) is 17.2 Å². The van der Waals surface area contributed by atoms with Gasteiger partial charge in [0, 0.05) is 29.6 Å². The van der Waals surface area contributed by atoms with Gasteiger partial charge in [-0.15, -0.1) is 0 Å². The third kappa shape index (κ3) is 3.12. The minimum atomic E-state index is -2.88. The van der Waals surface area contributed by atoms with Crippen molar-refractivity contribution in [3.63, 3.8) is 0 Å². The number of carbonyl (C=O) groups is 1. The molecule has 0 spiro atoms. The molecule has 20 heavy (non-hydrogen) atoms. The molecule has 3 nitrogen and oxygen atoms in total. The van der Waals surface area contributed by atoms with Crippen LogP contribution in [0.25, 0.3) is 0 Å². The number of rotatable bonds is 3. The van der Waals surface area contributed by atoms with Gasteiger partial charge in [0.05, 0.1) is 6.54 Å². The predicted molar refractivity (Wildman–Crippen MR) is 69.3 cm³/mol. The summed E-state index contributed by atoms with van der Waals surface area (Å²) in [6, 6.07) is 3.07. The molecule has 2 N–H and O–H groups in total. The first-order valence-electron chi connectivity index (χ1n) is 6.50. The molecule has 110 valence electrons. The number of hydrogen-bond donors (Lipinski definition) is 2. The lowest BCUT2D eigenvalue weighted by molar-refractivity contribution is 0.0209. The molecule has 0 aliphatic carbocycles. The van der Waals surface area contributed by atoms with Crippen LogP contribution in [0.3, 0.4) is 0 Å². The second kappa shape index (κ2) is 5.44. The summed E-state index contributed by atoms with van der Waals surface area (Å²) in [5.74, 6) is -3.97. The lowest BCUT2D eigenvalue weighted by Gasteiger charge is -2.17. The number of carbonyl (C=O) groups excluding carboxylic acids is 1. The minimum Gasteiger partial charge on any atom is -0.350 e. The van der Waals surface area contributed by atoms with Crippen molar-refractivity contribution in [2.75, 3.05) is 6.54 Å². The highest BCUT2D eigenvalue weighted by molar-refractivity contribution is 5.96. The molecule has 1 aromatic rings. The van der Waals surface area contributed by atoms with Crippen LogP contribution < -0.4 is 10.6 Å². The average Bonchev–Trinajstić information content (AvgIpc) is 2.68. The summed E-state index contributed by atoms with van der Waals surface area (Å²) < 4.78 is 40.5. The zero-order valence-electron chi connectivity index (χ0n) is 11.3. The van der Waals surface area contributed by atoms with Gasteiger partial charge in [0.1, 0.15) is 5.82 Å². The molecule has 1 unspecified atom stereocenters. The summed E-state index contributed by atoms with van der Waals surface area (Å²) in [6.45, 7) is 3.05. The second-order valence-corrected chi connectivity index (χ2v) is 5.32. The van der Waals surface area contributed by atoms with E-state index in [1.165, 1.54) is 18.2 Å². The van der Waals surface area contributed by atoms with Crippen molar-refractivity contribution < 1.29 is 18.0 Å². The molecule has 1 saturated heterocycles. The molecule has 6 heteroatoms. The Morgan fingerprint density at radius 1 is 1.45 bits per heavy atom. The van der Waals surface area contributed by atoms with Gasteiger partial charge in [-0.05, 0) is 26.0 Å². The van der Waals surface area contributed by atoms with Crippen LogP contribution in [0, 0.1) is 5.82 Å². The van der Waals surface area contributed by atoms with E-state index < -0.39 is 36.7 Å². The minimum absolute atomic E-state index is 0.0165. The summed E-state index contributed by atoms with van der Waals surface area (Å²) in [4.78, 5) is 12.1. The molecule has 1 amide bonds. The van der Waals surface area contributed by atoms with Gasteiger partial charge in [0.2, 0.25) is 0 Å². The van der Waals surface area contributed by atoms with E-state index >= 15 is 0 Å². The van der Waals surface area contributed by atoms with Crippen LogP contribution in [0.1, 0.15) is 42.2 Å². The first-order chi connectivity index (χ1) is 9.30. The Balaban J connectivity index is 2.35. The third-order valence-electron chi connectivity index (χ3n) is 3.18. The van der Waals surface area contributed by atoms with Crippen molar-refractivity contribution in [1.29, 1.82) is 0 Å². The van der Waals surface area contributed by atoms with Crippen molar-refractivity contribution >= 4 is 5.91 Å². The van der Waals surface area contributed by atoms with Crippen LogP contribution in [0.15, 0.2) is 18.2 Å². The first-order valence-corrected chi connectivity index (χ1v) is 6.50. The molecule has 2 rings (SSSR count). The molecular weight excluding hydrogens is 269 g/mol. The maximum atomic E-state index is 14.0. The zero-order valence-corrected chi connectivity index (χ0v) is 11.3. The second-order valence-electron chi connectivity index (χ2n) is 5.32. The topological polar surface area (TPSA) is 41.1 Å². The maximum Gasteiger partial charge on any atom is 0.262 e. The quantitative estimate of drug-likeness (QED) is 0.897.